The minimum atomic E-state index is -0.449. The molecule has 0 saturated heterocycles. The molecule has 0 fully saturated rings. The second kappa shape index (κ2) is 8.96. The van der Waals surface area contributed by atoms with Crippen LogP contribution >= 0.6 is 0 Å². The zero-order valence-electron chi connectivity index (χ0n) is 20.9. The van der Waals surface area contributed by atoms with Gasteiger partial charge < -0.3 is 18.8 Å². The van der Waals surface area contributed by atoms with Gasteiger partial charge in [0.2, 0.25) is 0 Å². The third-order valence-corrected chi connectivity index (χ3v) is 6.56. The molecule has 0 N–H and O–H groups in total. The molecule has 0 bridgehead atoms. The molecule has 8 nitrogen and oxygen atoms in total. The molecule has 0 saturated carbocycles. The lowest BCUT2D eigenvalue weighted by Gasteiger charge is -2.15. The highest BCUT2D eigenvalue weighted by Crippen LogP contribution is 2.31. The van der Waals surface area contributed by atoms with E-state index in [0.29, 0.717) is 40.5 Å². The molecule has 0 unspecified atom stereocenters. The van der Waals surface area contributed by atoms with Gasteiger partial charge in [0, 0.05) is 18.5 Å². The van der Waals surface area contributed by atoms with Crippen LogP contribution in [0.25, 0.3) is 27.6 Å². The lowest BCUT2D eigenvalue weighted by atomic mass is 10.1. The maximum atomic E-state index is 14.1. The number of rotatable bonds is 6. The first-order valence-corrected chi connectivity index (χ1v) is 11.5. The van der Waals surface area contributed by atoms with Crippen molar-refractivity contribution >= 4 is 21.9 Å². The molecule has 2 aromatic heterocycles. The van der Waals surface area contributed by atoms with Crippen LogP contribution in [0.1, 0.15) is 11.1 Å². The van der Waals surface area contributed by atoms with Gasteiger partial charge in [-0.2, -0.15) is 0 Å². The van der Waals surface area contributed by atoms with E-state index >= 15 is 0 Å². The summed E-state index contributed by atoms with van der Waals surface area (Å²) in [5.41, 5.74) is 3.41. The van der Waals surface area contributed by atoms with Gasteiger partial charge in [0.25, 0.3) is 5.56 Å². The van der Waals surface area contributed by atoms with E-state index in [2.05, 4.69) is 0 Å². The number of aryl methyl sites for hydroxylation is 2. The van der Waals surface area contributed by atoms with E-state index in [1.54, 1.807) is 29.9 Å². The Kier molecular flexibility index (Phi) is 5.80. The molecule has 0 radical (unpaired) electrons. The third-order valence-electron chi connectivity index (χ3n) is 6.56. The van der Waals surface area contributed by atoms with Crippen LogP contribution < -0.4 is 25.5 Å². The second-order valence-electron chi connectivity index (χ2n) is 8.67. The van der Waals surface area contributed by atoms with Gasteiger partial charge in [-0.15, -0.1) is 0 Å². The Hall–Kier alpha value is -4.46. The van der Waals surface area contributed by atoms with E-state index in [9.17, 15) is 9.59 Å². The number of hydrogen-bond donors (Lipinski definition) is 0. The quantitative estimate of drug-likeness (QED) is 0.363. The van der Waals surface area contributed by atoms with Crippen LogP contribution in [-0.4, -0.2) is 35.0 Å². The van der Waals surface area contributed by atoms with E-state index in [1.165, 1.54) is 18.8 Å². The van der Waals surface area contributed by atoms with E-state index in [1.807, 2.05) is 61.0 Å². The van der Waals surface area contributed by atoms with E-state index in [-0.39, 0.29) is 0 Å². The molecular formula is C28H27N3O5. The summed E-state index contributed by atoms with van der Waals surface area (Å²) in [5, 5.41) is 0.771. The zero-order valence-corrected chi connectivity index (χ0v) is 20.9. The van der Waals surface area contributed by atoms with Crippen molar-refractivity contribution in [2.75, 3.05) is 21.3 Å². The summed E-state index contributed by atoms with van der Waals surface area (Å²) in [4.78, 5) is 28.0. The molecule has 0 aliphatic rings. The van der Waals surface area contributed by atoms with Crippen molar-refractivity contribution in [2.45, 2.75) is 13.5 Å². The van der Waals surface area contributed by atoms with Crippen molar-refractivity contribution in [3.63, 3.8) is 0 Å². The van der Waals surface area contributed by atoms with Crippen LogP contribution in [0, 0.1) is 6.92 Å². The predicted octanol–water partition coefficient (Wildman–Crippen LogP) is 4.03. The first-order valence-electron chi connectivity index (χ1n) is 11.5. The standard InChI is InChI=1S/C28H27N3O5/c1-17-6-8-18(9-7-17)16-30-25-21-15-20(34-3)11-12-22(21)29(2)26(25)27(32)31(28(30)33)19-10-13-23(35-4)24(14-19)36-5/h6-15H,16H2,1-5H3. The van der Waals surface area contributed by atoms with Crippen molar-refractivity contribution in [1.29, 1.82) is 0 Å². The van der Waals surface area contributed by atoms with Gasteiger partial charge in [-0.25, -0.2) is 9.36 Å². The van der Waals surface area contributed by atoms with Crippen LogP contribution in [-0.2, 0) is 13.6 Å². The minimum Gasteiger partial charge on any atom is -0.497 e. The van der Waals surface area contributed by atoms with E-state index in [4.69, 9.17) is 14.2 Å². The molecule has 36 heavy (non-hydrogen) atoms. The predicted molar refractivity (Wildman–Crippen MR) is 140 cm³/mol. The van der Waals surface area contributed by atoms with Crippen LogP contribution in [0.3, 0.4) is 0 Å². The number of hydrogen-bond acceptors (Lipinski definition) is 5. The van der Waals surface area contributed by atoms with Gasteiger partial charge in [-0.1, -0.05) is 29.8 Å². The lowest BCUT2D eigenvalue weighted by Crippen LogP contribution is -2.39. The Morgan fingerprint density at radius 2 is 1.50 bits per heavy atom. The van der Waals surface area contributed by atoms with Gasteiger partial charge in [0.15, 0.2) is 11.5 Å². The minimum absolute atomic E-state index is 0.291. The summed E-state index contributed by atoms with van der Waals surface area (Å²) in [6, 6.07) is 18.6. The van der Waals surface area contributed by atoms with Crippen LogP contribution in [0.5, 0.6) is 17.2 Å². The third kappa shape index (κ3) is 3.62. The van der Waals surface area contributed by atoms with Crippen LogP contribution in [0.2, 0.25) is 0 Å². The second-order valence-corrected chi connectivity index (χ2v) is 8.67. The molecule has 5 rings (SSSR count). The fourth-order valence-electron chi connectivity index (χ4n) is 4.67. The SMILES string of the molecule is COc1ccc2c(c1)c1c(c(=O)n(-c3ccc(OC)c(OC)c3)c(=O)n1Cc1ccc(C)cc1)n2C. The van der Waals surface area contributed by atoms with E-state index < -0.39 is 11.2 Å². The maximum absolute atomic E-state index is 14.1. The normalized spacial score (nSPS) is 11.2. The number of nitrogens with zero attached hydrogens (tertiary/aromatic N) is 3. The van der Waals surface area contributed by atoms with Gasteiger partial charge in [0.1, 0.15) is 11.3 Å². The molecule has 184 valence electrons. The summed E-state index contributed by atoms with van der Waals surface area (Å²) in [7, 11) is 6.47. The highest BCUT2D eigenvalue weighted by molar-refractivity contribution is 6.06. The first-order chi connectivity index (χ1) is 17.4. The summed E-state index contributed by atoms with van der Waals surface area (Å²) in [6.45, 7) is 2.31. The average Bonchev–Trinajstić information content (AvgIpc) is 3.19. The number of methoxy groups -OCH3 is 3. The molecule has 3 aromatic carbocycles. The smallest absolute Gasteiger partial charge is 0.336 e. The van der Waals surface area contributed by atoms with Crippen LogP contribution in [0.4, 0.5) is 0 Å². The number of aromatic nitrogens is 3. The molecule has 5 aromatic rings. The van der Waals surface area contributed by atoms with Crippen molar-refractivity contribution in [3.05, 3.63) is 92.6 Å². The molecule has 2 heterocycles. The monoisotopic (exact) mass is 485 g/mol. The zero-order chi connectivity index (χ0) is 25.6. The van der Waals surface area contributed by atoms with Crippen LogP contribution in [0.15, 0.2) is 70.3 Å². The Balaban J connectivity index is 1.90. The lowest BCUT2D eigenvalue weighted by molar-refractivity contribution is 0.355. The summed E-state index contributed by atoms with van der Waals surface area (Å²) >= 11 is 0. The van der Waals surface area contributed by atoms with Gasteiger partial charge >= 0.3 is 5.69 Å². The summed E-state index contributed by atoms with van der Waals surface area (Å²) in [6.07, 6.45) is 0. The molecule has 0 aliphatic heterocycles. The van der Waals surface area contributed by atoms with Crippen molar-refractivity contribution < 1.29 is 14.2 Å². The fourth-order valence-corrected chi connectivity index (χ4v) is 4.67. The van der Waals surface area contributed by atoms with Crippen molar-refractivity contribution in [2.24, 2.45) is 7.05 Å². The average molecular weight is 486 g/mol. The van der Waals surface area contributed by atoms with Gasteiger partial charge in [-0.3, -0.25) is 9.36 Å². The Bertz CT molecular complexity index is 1730. The Labute approximate surface area is 207 Å². The molecule has 0 spiro atoms. The molecular weight excluding hydrogens is 458 g/mol. The number of benzene rings is 3. The first kappa shape index (κ1) is 23.3. The molecule has 8 heteroatoms. The molecule has 0 atom stereocenters. The molecule has 0 amide bonds. The maximum Gasteiger partial charge on any atom is 0.336 e. The number of ether oxygens (including phenoxy) is 3. The van der Waals surface area contributed by atoms with E-state index in [0.717, 1.165) is 22.0 Å². The summed E-state index contributed by atoms with van der Waals surface area (Å²) in [5.74, 6) is 1.58. The van der Waals surface area contributed by atoms with Crippen molar-refractivity contribution in [1.82, 2.24) is 13.7 Å². The Morgan fingerprint density at radius 1 is 0.778 bits per heavy atom. The number of fused-ring (bicyclic) bond motifs is 3. The Morgan fingerprint density at radius 3 is 2.17 bits per heavy atom. The van der Waals surface area contributed by atoms with Gasteiger partial charge in [-0.05, 0) is 42.8 Å². The summed E-state index contributed by atoms with van der Waals surface area (Å²) < 4.78 is 20.9. The van der Waals surface area contributed by atoms with Crippen molar-refractivity contribution in [3.8, 4) is 22.9 Å². The highest BCUT2D eigenvalue weighted by Gasteiger charge is 2.22. The largest absolute Gasteiger partial charge is 0.497 e. The fraction of sp³-hybridized carbons (Fsp3) is 0.214. The van der Waals surface area contributed by atoms with Gasteiger partial charge in [0.05, 0.1) is 44.6 Å². The molecule has 0 aliphatic carbocycles. The highest BCUT2D eigenvalue weighted by atomic mass is 16.5. The topological polar surface area (TPSA) is 76.6 Å².